The molecule has 1 amide bonds. The number of aliphatic hydroxyl groups excluding tert-OH is 1. The van der Waals surface area contributed by atoms with Gasteiger partial charge in [0.1, 0.15) is 29.4 Å². The zero-order chi connectivity index (χ0) is 23.2. The summed E-state index contributed by atoms with van der Waals surface area (Å²) in [7, 11) is 0. The highest BCUT2D eigenvalue weighted by atomic mass is 16.6. The minimum Gasteiger partial charge on any atom is -0.489 e. The van der Waals surface area contributed by atoms with Crippen molar-refractivity contribution in [3.05, 3.63) is 42.9 Å². The number of hydrogen-bond acceptors (Lipinski definition) is 8. The summed E-state index contributed by atoms with van der Waals surface area (Å²) in [5, 5.41) is 9.92. The van der Waals surface area contributed by atoms with Gasteiger partial charge in [0, 0.05) is 12.4 Å². The first-order valence-electron chi connectivity index (χ1n) is 9.79. The molecule has 0 spiro atoms. The third kappa shape index (κ3) is 7.86. The van der Waals surface area contributed by atoms with Crippen molar-refractivity contribution in [2.45, 2.75) is 58.8 Å². The van der Waals surface area contributed by atoms with E-state index in [0.29, 0.717) is 17.3 Å². The second-order valence-electron chi connectivity index (χ2n) is 8.73. The van der Waals surface area contributed by atoms with Gasteiger partial charge in [-0.3, -0.25) is 4.98 Å². The van der Waals surface area contributed by atoms with Crippen molar-refractivity contribution >= 4 is 23.6 Å². The molecule has 2 rings (SSSR count). The summed E-state index contributed by atoms with van der Waals surface area (Å²) >= 11 is 0. The van der Waals surface area contributed by atoms with E-state index in [4.69, 9.17) is 14.2 Å². The summed E-state index contributed by atoms with van der Waals surface area (Å²) in [5.41, 5.74) is -0.867. The fraction of sp³-hybridized carbons (Fsp3) is 0.455. The van der Waals surface area contributed by atoms with Gasteiger partial charge in [-0.1, -0.05) is 0 Å². The van der Waals surface area contributed by atoms with Gasteiger partial charge in [0.15, 0.2) is 6.10 Å². The van der Waals surface area contributed by atoms with Crippen LogP contribution in [0.25, 0.3) is 0 Å². The topological polar surface area (TPSA) is 111 Å². The molecule has 0 saturated carbocycles. The lowest BCUT2D eigenvalue weighted by molar-refractivity contribution is -0.166. The summed E-state index contributed by atoms with van der Waals surface area (Å²) < 4.78 is 16.0. The van der Waals surface area contributed by atoms with Gasteiger partial charge in [-0.25, -0.2) is 19.5 Å². The van der Waals surface area contributed by atoms with Crippen molar-refractivity contribution in [2.75, 3.05) is 11.5 Å². The molecular weight excluding hydrogens is 402 g/mol. The molecule has 0 fully saturated rings. The Balaban J connectivity index is 2.12. The summed E-state index contributed by atoms with van der Waals surface area (Å²) in [6.45, 7) is 10.2. The molecular formula is C22H29N3O6. The molecule has 0 saturated heterocycles. The number of carbonyl (C=O) groups excluding carboxylic acids is 2. The molecule has 2 aromatic heterocycles. The lowest BCUT2D eigenvalue weighted by Gasteiger charge is -2.26. The summed E-state index contributed by atoms with van der Waals surface area (Å²) in [6.07, 6.45) is 2.47. The molecule has 31 heavy (non-hydrogen) atoms. The van der Waals surface area contributed by atoms with Gasteiger partial charge < -0.3 is 19.3 Å². The van der Waals surface area contributed by atoms with E-state index < -0.39 is 29.4 Å². The first-order valence-corrected chi connectivity index (χ1v) is 9.79. The van der Waals surface area contributed by atoms with Gasteiger partial charge in [-0.2, -0.15) is 0 Å². The van der Waals surface area contributed by atoms with Crippen LogP contribution in [0.15, 0.2) is 42.9 Å². The Labute approximate surface area is 182 Å². The van der Waals surface area contributed by atoms with Gasteiger partial charge in [-0.05, 0) is 65.8 Å². The molecule has 2 aromatic rings. The van der Waals surface area contributed by atoms with E-state index in [9.17, 15) is 14.7 Å². The van der Waals surface area contributed by atoms with Crippen molar-refractivity contribution in [1.29, 1.82) is 0 Å². The average molecular weight is 431 g/mol. The number of aliphatic hydroxyl groups is 1. The Kier molecular flexibility index (Phi) is 7.56. The monoisotopic (exact) mass is 431 g/mol. The first kappa shape index (κ1) is 24.1. The van der Waals surface area contributed by atoms with Crippen molar-refractivity contribution in [3.63, 3.8) is 0 Å². The third-order valence-corrected chi connectivity index (χ3v) is 3.53. The minimum absolute atomic E-state index is 0.296. The summed E-state index contributed by atoms with van der Waals surface area (Å²) in [4.78, 5) is 34.2. The molecule has 1 unspecified atom stereocenters. The van der Waals surface area contributed by atoms with E-state index in [1.54, 1.807) is 78.2 Å². The van der Waals surface area contributed by atoms with E-state index in [1.165, 1.54) is 11.1 Å². The fourth-order valence-electron chi connectivity index (χ4n) is 2.34. The van der Waals surface area contributed by atoms with Crippen molar-refractivity contribution in [2.24, 2.45) is 0 Å². The highest BCUT2D eigenvalue weighted by Gasteiger charge is 2.26. The Bertz CT molecular complexity index is 873. The predicted octanol–water partition coefficient (Wildman–Crippen LogP) is 3.63. The number of ether oxygens (including phenoxy) is 3. The van der Waals surface area contributed by atoms with Gasteiger partial charge >= 0.3 is 12.1 Å². The van der Waals surface area contributed by atoms with Gasteiger partial charge in [0.25, 0.3) is 0 Å². The van der Waals surface area contributed by atoms with Gasteiger partial charge in [0.05, 0.1) is 11.9 Å². The SMILES string of the molecule is CC(C)(C)OC(=O)C(O)COc1ccc(N(C(=O)OC(C)(C)C)c2ccncc2)nc1. The van der Waals surface area contributed by atoms with E-state index in [1.807, 2.05) is 0 Å². The van der Waals surface area contributed by atoms with Crippen molar-refractivity contribution in [3.8, 4) is 5.75 Å². The number of hydrogen-bond donors (Lipinski definition) is 1. The molecule has 9 nitrogen and oxygen atoms in total. The van der Waals surface area contributed by atoms with Crippen LogP contribution in [0.4, 0.5) is 16.3 Å². The molecule has 0 bridgehead atoms. The number of amides is 1. The normalized spacial score (nSPS) is 12.6. The van der Waals surface area contributed by atoms with Crippen LogP contribution in [0.2, 0.25) is 0 Å². The van der Waals surface area contributed by atoms with Crippen LogP contribution in [0, 0.1) is 0 Å². The highest BCUT2D eigenvalue weighted by molar-refractivity contribution is 5.95. The number of pyridine rings is 2. The lowest BCUT2D eigenvalue weighted by atomic mass is 10.2. The first-order chi connectivity index (χ1) is 14.4. The molecule has 168 valence electrons. The molecule has 0 aliphatic heterocycles. The minimum atomic E-state index is -1.44. The maximum Gasteiger partial charge on any atom is 0.420 e. The number of rotatable bonds is 6. The molecule has 9 heteroatoms. The fourth-order valence-corrected chi connectivity index (χ4v) is 2.34. The van der Waals surface area contributed by atoms with Crippen molar-refractivity contribution < 1.29 is 28.9 Å². The molecule has 0 aliphatic rings. The third-order valence-electron chi connectivity index (χ3n) is 3.53. The Morgan fingerprint density at radius 2 is 1.61 bits per heavy atom. The zero-order valence-electron chi connectivity index (χ0n) is 18.7. The average Bonchev–Trinajstić information content (AvgIpc) is 2.65. The predicted molar refractivity (Wildman–Crippen MR) is 114 cm³/mol. The number of anilines is 2. The van der Waals surface area contributed by atoms with Crippen LogP contribution in [0.1, 0.15) is 41.5 Å². The number of aromatic nitrogens is 2. The second kappa shape index (κ2) is 9.74. The van der Waals surface area contributed by atoms with Crippen LogP contribution in [0.3, 0.4) is 0 Å². The summed E-state index contributed by atoms with van der Waals surface area (Å²) in [6, 6.07) is 6.46. The second-order valence-corrected chi connectivity index (χ2v) is 8.73. The van der Waals surface area contributed by atoms with Crippen LogP contribution in [-0.4, -0.2) is 51.0 Å². The van der Waals surface area contributed by atoms with Crippen LogP contribution in [0.5, 0.6) is 5.75 Å². The van der Waals surface area contributed by atoms with E-state index in [2.05, 4.69) is 9.97 Å². The molecule has 2 heterocycles. The van der Waals surface area contributed by atoms with Crippen molar-refractivity contribution in [1.82, 2.24) is 9.97 Å². The largest absolute Gasteiger partial charge is 0.489 e. The van der Waals surface area contributed by atoms with Gasteiger partial charge in [0.2, 0.25) is 0 Å². The van der Waals surface area contributed by atoms with Crippen LogP contribution < -0.4 is 9.64 Å². The maximum atomic E-state index is 12.8. The summed E-state index contributed by atoms with van der Waals surface area (Å²) in [5.74, 6) is -0.156. The maximum absolute atomic E-state index is 12.8. The number of carbonyl (C=O) groups is 2. The van der Waals surface area contributed by atoms with Gasteiger partial charge in [-0.15, -0.1) is 0 Å². The zero-order valence-corrected chi connectivity index (χ0v) is 18.7. The van der Waals surface area contributed by atoms with E-state index >= 15 is 0 Å². The number of esters is 1. The molecule has 0 aliphatic carbocycles. The molecule has 1 atom stereocenters. The Morgan fingerprint density at radius 1 is 1.00 bits per heavy atom. The highest BCUT2D eigenvalue weighted by Crippen LogP contribution is 2.27. The van der Waals surface area contributed by atoms with Crippen LogP contribution >= 0.6 is 0 Å². The molecule has 0 aromatic carbocycles. The Hall–Kier alpha value is -3.20. The lowest BCUT2D eigenvalue weighted by Crippen LogP contribution is -2.35. The van der Waals surface area contributed by atoms with E-state index in [0.717, 1.165) is 0 Å². The van der Waals surface area contributed by atoms with E-state index in [-0.39, 0.29) is 6.61 Å². The standard InChI is InChI=1S/C22H29N3O6/c1-21(2,3)30-19(27)17(26)14-29-16-7-8-18(24-13-16)25(15-9-11-23-12-10-15)20(28)31-22(4,5)6/h7-13,17,26H,14H2,1-6H3. The Morgan fingerprint density at radius 3 is 2.13 bits per heavy atom. The molecule has 1 N–H and O–H groups in total. The smallest absolute Gasteiger partial charge is 0.420 e. The quantitative estimate of drug-likeness (QED) is 0.690. The van der Waals surface area contributed by atoms with Crippen LogP contribution in [-0.2, 0) is 14.3 Å². The molecule has 0 radical (unpaired) electrons. The number of nitrogens with zero attached hydrogens (tertiary/aromatic N) is 3.